The van der Waals surface area contributed by atoms with Crippen LogP contribution in [0.15, 0.2) is 24.3 Å². The van der Waals surface area contributed by atoms with Gasteiger partial charge >= 0.3 is 0 Å². The zero-order valence-electron chi connectivity index (χ0n) is 10.5. The number of carbonyl (C=O) groups excluding carboxylic acids is 1. The molecule has 0 aliphatic carbocycles. The maximum atomic E-state index is 11.4. The van der Waals surface area contributed by atoms with Gasteiger partial charge in [-0.3, -0.25) is 9.69 Å². The number of rotatable bonds is 3. The summed E-state index contributed by atoms with van der Waals surface area (Å²) < 4.78 is 0. The van der Waals surface area contributed by atoms with Crippen molar-refractivity contribution < 1.29 is 17.2 Å². The smallest absolute Gasteiger partial charge is 0.237 e. The van der Waals surface area contributed by atoms with Crippen LogP contribution in [-0.2, 0) is 11.3 Å². The van der Waals surface area contributed by atoms with E-state index in [9.17, 15) is 4.79 Å². The normalized spacial score (nSPS) is 16.0. The molecule has 0 saturated carbocycles. The highest BCUT2D eigenvalue weighted by Gasteiger charge is 2.20. The fourth-order valence-corrected chi connectivity index (χ4v) is 2.38. The number of halogens is 3. The second kappa shape index (κ2) is 7.95. The second-order valence-corrected chi connectivity index (χ2v) is 5.12. The summed E-state index contributed by atoms with van der Waals surface area (Å²) in [5.41, 5.74) is 1.25. The van der Waals surface area contributed by atoms with Crippen LogP contribution in [0.4, 0.5) is 0 Å². The minimum Gasteiger partial charge on any atom is -1.00 e. The quantitative estimate of drug-likeness (QED) is 0.682. The van der Waals surface area contributed by atoms with Crippen LogP contribution >= 0.6 is 23.2 Å². The average molecular weight is 323 g/mol. The van der Waals surface area contributed by atoms with Crippen LogP contribution in [0.5, 0.6) is 0 Å². The van der Waals surface area contributed by atoms with E-state index in [2.05, 4.69) is 4.90 Å². The second-order valence-electron chi connectivity index (χ2n) is 4.42. The standard InChI is InChI=1S/C13H16Cl2N2O.ClH/c14-9-13(18)17-7-5-16(6-8-17)10-11-1-3-12(15)4-2-11;/h1-4H,5-10H2;1H/p-1. The molecule has 0 radical (unpaired) electrons. The SMILES string of the molecule is O=C(CCl)N1CCN(Cc2ccc(Cl)cc2)CC1.[Cl-]. The van der Waals surface area contributed by atoms with Crippen LogP contribution in [0.25, 0.3) is 0 Å². The molecule has 1 fully saturated rings. The van der Waals surface area contributed by atoms with Crippen LogP contribution in [-0.4, -0.2) is 47.8 Å². The van der Waals surface area contributed by atoms with E-state index in [0.29, 0.717) is 0 Å². The van der Waals surface area contributed by atoms with E-state index >= 15 is 0 Å². The molecule has 0 N–H and O–H groups in total. The van der Waals surface area contributed by atoms with Gasteiger partial charge in [0.05, 0.1) is 0 Å². The Bertz CT molecular complexity index is 403. The summed E-state index contributed by atoms with van der Waals surface area (Å²) in [5, 5.41) is 0.760. The third-order valence-electron chi connectivity index (χ3n) is 3.16. The number of nitrogens with zero attached hydrogens (tertiary/aromatic N) is 2. The first-order chi connectivity index (χ1) is 8.69. The summed E-state index contributed by atoms with van der Waals surface area (Å²) in [6.45, 7) is 4.22. The zero-order chi connectivity index (χ0) is 13.0. The van der Waals surface area contributed by atoms with Gasteiger partial charge in [-0.2, -0.15) is 0 Å². The highest BCUT2D eigenvalue weighted by atomic mass is 35.5. The Hall–Kier alpha value is -0.480. The number of amides is 1. The van der Waals surface area contributed by atoms with E-state index in [4.69, 9.17) is 23.2 Å². The average Bonchev–Trinajstić information content (AvgIpc) is 2.41. The lowest BCUT2D eigenvalue weighted by molar-refractivity contribution is -0.130. The molecule has 0 spiro atoms. The Morgan fingerprint density at radius 2 is 1.68 bits per heavy atom. The third kappa shape index (κ3) is 4.84. The highest BCUT2D eigenvalue weighted by Crippen LogP contribution is 2.13. The largest absolute Gasteiger partial charge is 1.00 e. The van der Waals surface area contributed by atoms with Crippen LogP contribution in [0.3, 0.4) is 0 Å². The fourth-order valence-electron chi connectivity index (χ4n) is 2.09. The molecule has 0 unspecified atom stereocenters. The lowest BCUT2D eigenvalue weighted by Crippen LogP contribution is -3.00. The number of carbonyl (C=O) groups is 1. The summed E-state index contributed by atoms with van der Waals surface area (Å²) >= 11 is 11.4. The summed E-state index contributed by atoms with van der Waals surface area (Å²) in [6, 6.07) is 7.89. The van der Waals surface area contributed by atoms with Crippen molar-refractivity contribution in [1.29, 1.82) is 0 Å². The summed E-state index contributed by atoms with van der Waals surface area (Å²) in [5.74, 6) is 0.111. The van der Waals surface area contributed by atoms with Crippen LogP contribution < -0.4 is 12.4 Å². The Morgan fingerprint density at radius 3 is 2.21 bits per heavy atom. The first-order valence-corrected chi connectivity index (χ1v) is 6.91. The van der Waals surface area contributed by atoms with Gasteiger partial charge in [0, 0.05) is 37.7 Å². The molecule has 2 rings (SSSR count). The molecule has 1 aliphatic rings. The lowest BCUT2D eigenvalue weighted by atomic mass is 10.2. The third-order valence-corrected chi connectivity index (χ3v) is 3.64. The highest BCUT2D eigenvalue weighted by molar-refractivity contribution is 6.30. The summed E-state index contributed by atoms with van der Waals surface area (Å²) in [7, 11) is 0. The summed E-state index contributed by atoms with van der Waals surface area (Å²) in [4.78, 5) is 15.6. The van der Waals surface area contributed by atoms with E-state index in [1.807, 2.05) is 29.2 Å². The van der Waals surface area contributed by atoms with Gasteiger partial charge in [-0.1, -0.05) is 23.7 Å². The molecule has 1 saturated heterocycles. The first-order valence-electron chi connectivity index (χ1n) is 5.99. The van der Waals surface area contributed by atoms with E-state index in [-0.39, 0.29) is 24.2 Å². The fraction of sp³-hybridized carbons (Fsp3) is 0.462. The van der Waals surface area contributed by atoms with Crippen molar-refractivity contribution in [2.45, 2.75) is 6.54 Å². The monoisotopic (exact) mass is 321 g/mol. The molecular weight excluding hydrogens is 307 g/mol. The van der Waals surface area contributed by atoms with Crippen molar-refractivity contribution in [3.05, 3.63) is 34.9 Å². The zero-order valence-corrected chi connectivity index (χ0v) is 12.8. The molecule has 1 heterocycles. The van der Waals surface area contributed by atoms with Crippen LogP contribution in [0.1, 0.15) is 5.56 Å². The molecule has 19 heavy (non-hydrogen) atoms. The molecule has 106 valence electrons. The van der Waals surface area contributed by atoms with Gasteiger partial charge in [0.25, 0.3) is 0 Å². The Balaban J connectivity index is 0.00000180. The number of hydrogen-bond acceptors (Lipinski definition) is 2. The maximum Gasteiger partial charge on any atom is 0.237 e. The van der Waals surface area contributed by atoms with E-state index in [1.165, 1.54) is 5.56 Å². The molecule has 1 amide bonds. The van der Waals surface area contributed by atoms with E-state index in [1.54, 1.807) is 0 Å². The first kappa shape index (κ1) is 16.6. The minimum absolute atomic E-state index is 0. The van der Waals surface area contributed by atoms with E-state index < -0.39 is 0 Å². The Morgan fingerprint density at radius 1 is 1.11 bits per heavy atom. The van der Waals surface area contributed by atoms with E-state index in [0.717, 1.165) is 37.7 Å². The maximum absolute atomic E-state index is 11.4. The number of alkyl halides is 1. The minimum atomic E-state index is 0. The molecule has 1 aromatic rings. The van der Waals surface area contributed by atoms with Gasteiger partial charge < -0.3 is 17.3 Å². The Kier molecular flexibility index (Phi) is 6.94. The molecule has 1 aliphatic heterocycles. The van der Waals surface area contributed by atoms with Crippen molar-refractivity contribution in [3.63, 3.8) is 0 Å². The van der Waals surface area contributed by atoms with Crippen molar-refractivity contribution in [2.24, 2.45) is 0 Å². The van der Waals surface area contributed by atoms with Crippen LogP contribution in [0, 0.1) is 0 Å². The molecule has 1 aromatic carbocycles. The lowest BCUT2D eigenvalue weighted by Gasteiger charge is -2.34. The van der Waals surface area contributed by atoms with Crippen molar-refractivity contribution in [3.8, 4) is 0 Å². The molecule has 0 atom stereocenters. The van der Waals surface area contributed by atoms with Gasteiger partial charge in [-0.05, 0) is 17.7 Å². The predicted octanol–water partition coefficient (Wildman–Crippen LogP) is -0.773. The van der Waals surface area contributed by atoms with Gasteiger partial charge in [-0.15, -0.1) is 11.6 Å². The number of benzene rings is 1. The van der Waals surface area contributed by atoms with Gasteiger partial charge in [0.1, 0.15) is 5.88 Å². The Labute approximate surface area is 129 Å². The van der Waals surface area contributed by atoms with Gasteiger partial charge in [0.15, 0.2) is 0 Å². The molecule has 0 aromatic heterocycles. The van der Waals surface area contributed by atoms with Gasteiger partial charge in [-0.25, -0.2) is 0 Å². The van der Waals surface area contributed by atoms with Crippen molar-refractivity contribution in [1.82, 2.24) is 9.80 Å². The van der Waals surface area contributed by atoms with Crippen LogP contribution in [0.2, 0.25) is 5.02 Å². The van der Waals surface area contributed by atoms with Gasteiger partial charge in [0.2, 0.25) is 5.91 Å². The number of piperazine rings is 1. The number of hydrogen-bond donors (Lipinski definition) is 0. The van der Waals surface area contributed by atoms with Crippen molar-refractivity contribution >= 4 is 29.1 Å². The predicted molar refractivity (Wildman–Crippen MR) is 74.0 cm³/mol. The summed E-state index contributed by atoms with van der Waals surface area (Å²) in [6.07, 6.45) is 0. The van der Waals surface area contributed by atoms with Crippen molar-refractivity contribution in [2.75, 3.05) is 32.1 Å². The molecule has 3 nitrogen and oxygen atoms in total. The molecule has 0 bridgehead atoms. The molecule has 6 heteroatoms. The molecular formula is C13H16Cl3N2O-. The topological polar surface area (TPSA) is 23.6 Å².